The van der Waals surface area contributed by atoms with Gasteiger partial charge >= 0.3 is 0 Å². The fourth-order valence-corrected chi connectivity index (χ4v) is 1.85. The number of nitrogens with two attached hydrogens (primary N) is 1. The summed E-state index contributed by atoms with van der Waals surface area (Å²) in [7, 11) is 0. The Balaban J connectivity index is 2.16. The minimum Gasteiger partial charge on any atom is -0.409 e. The van der Waals surface area contributed by atoms with Crippen LogP contribution in [0.1, 0.15) is 21.5 Å². The van der Waals surface area contributed by atoms with E-state index in [9.17, 15) is 9.18 Å². The number of aryl methyl sites for hydroxylation is 1. The van der Waals surface area contributed by atoms with Gasteiger partial charge in [0.15, 0.2) is 5.84 Å². The Morgan fingerprint density at radius 2 is 1.86 bits per heavy atom. The van der Waals surface area contributed by atoms with Crippen molar-refractivity contribution >= 4 is 17.4 Å². The number of halogens is 1. The molecule has 0 aromatic heterocycles. The topological polar surface area (TPSA) is 87.7 Å². The first-order valence-corrected chi connectivity index (χ1v) is 6.16. The lowest BCUT2D eigenvalue weighted by Crippen LogP contribution is -2.14. The Bertz CT molecular complexity index is 676. The molecule has 0 atom stereocenters. The Labute approximate surface area is 120 Å². The van der Waals surface area contributed by atoms with E-state index in [1.54, 1.807) is 37.3 Å². The van der Waals surface area contributed by atoms with Gasteiger partial charge < -0.3 is 16.3 Å². The van der Waals surface area contributed by atoms with Crippen LogP contribution in [0.3, 0.4) is 0 Å². The molecule has 0 radical (unpaired) electrons. The standard InChI is InChI=1S/C15H14FN3O2/c1-9-6-11(8-12(16)7-9)15(20)18-13-4-2-10(3-5-13)14(17)19-21/h2-8,21H,1H3,(H2,17,19)(H,18,20). The summed E-state index contributed by atoms with van der Waals surface area (Å²) in [5.74, 6) is -0.884. The Kier molecular flexibility index (Phi) is 4.18. The third kappa shape index (κ3) is 3.56. The smallest absolute Gasteiger partial charge is 0.255 e. The van der Waals surface area contributed by atoms with Gasteiger partial charge in [-0.25, -0.2) is 4.39 Å². The van der Waals surface area contributed by atoms with E-state index >= 15 is 0 Å². The van der Waals surface area contributed by atoms with Crippen LogP contribution in [0.5, 0.6) is 0 Å². The minimum absolute atomic E-state index is 0.0198. The summed E-state index contributed by atoms with van der Waals surface area (Å²) in [6, 6.07) is 10.5. The second-order valence-corrected chi connectivity index (χ2v) is 4.53. The second kappa shape index (κ2) is 6.04. The number of hydrogen-bond donors (Lipinski definition) is 3. The molecule has 4 N–H and O–H groups in total. The highest BCUT2D eigenvalue weighted by atomic mass is 19.1. The molecule has 0 bridgehead atoms. The molecule has 2 aromatic carbocycles. The number of hydrogen-bond acceptors (Lipinski definition) is 3. The predicted molar refractivity (Wildman–Crippen MR) is 78.0 cm³/mol. The van der Waals surface area contributed by atoms with Gasteiger partial charge in [-0.3, -0.25) is 4.79 Å². The van der Waals surface area contributed by atoms with E-state index < -0.39 is 11.7 Å². The van der Waals surface area contributed by atoms with Crippen LogP contribution in [-0.2, 0) is 0 Å². The zero-order valence-electron chi connectivity index (χ0n) is 11.3. The number of amides is 1. The van der Waals surface area contributed by atoms with Crippen molar-refractivity contribution in [3.8, 4) is 0 Å². The lowest BCUT2D eigenvalue weighted by atomic mass is 10.1. The van der Waals surface area contributed by atoms with Gasteiger partial charge in [0.1, 0.15) is 5.82 Å². The maximum absolute atomic E-state index is 13.3. The summed E-state index contributed by atoms with van der Waals surface area (Å²) in [4.78, 5) is 12.0. The van der Waals surface area contributed by atoms with Crippen molar-refractivity contribution < 1.29 is 14.4 Å². The fourth-order valence-electron chi connectivity index (χ4n) is 1.85. The van der Waals surface area contributed by atoms with Crippen LogP contribution in [0.2, 0.25) is 0 Å². The number of rotatable bonds is 3. The Hall–Kier alpha value is -2.89. The quantitative estimate of drug-likeness (QED) is 0.351. The second-order valence-electron chi connectivity index (χ2n) is 4.53. The highest BCUT2D eigenvalue weighted by molar-refractivity contribution is 6.04. The van der Waals surface area contributed by atoms with E-state index in [1.165, 1.54) is 12.1 Å². The van der Waals surface area contributed by atoms with Crippen LogP contribution < -0.4 is 11.1 Å². The van der Waals surface area contributed by atoms with Gasteiger partial charge in [-0.05, 0) is 55.0 Å². The van der Waals surface area contributed by atoms with E-state index in [2.05, 4.69) is 10.5 Å². The molecule has 2 rings (SSSR count). The molecule has 0 saturated carbocycles. The molecule has 2 aromatic rings. The molecule has 0 aliphatic rings. The van der Waals surface area contributed by atoms with Crippen LogP contribution in [0, 0.1) is 12.7 Å². The lowest BCUT2D eigenvalue weighted by molar-refractivity contribution is 0.102. The van der Waals surface area contributed by atoms with Gasteiger partial charge in [0.2, 0.25) is 0 Å². The Morgan fingerprint density at radius 1 is 1.19 bits per heavy atom. The minimum atomic E-state index is -0.456. The number of anilines is 1. The third-order valence-corrected chi connectivity index (χ3v) is 2.85. The summed E-state index contributed by atoms with van der Waals surface area (Å²) in [5.41, 5.74) is 7.40. The number of nitrogens with one attached hydrogen (secondary N) is 1. The predicted octanol–water partition coefficient (Wildman–Crippen LogP) is 2.48. The number of amidine groups is 1. The number of nitrogens with zero attached hydrogens (tertiary/aromatic N) is 1. The fraction of sp³-hybridized carbons (Fsp3) is 0.0667. The van der Waals surface area contributed by atoms with Crippen LogP contribution >= 0.6 is 0 Å². The first-order chi connectivity index (χ1) is 9.99. The van der Waals surface area contributed by atoms with Crippen LogP contribution in [0.25, 0.3) is 0 Å². The number of oxime groups is 1. The SMILES string of the molecule is Cc1cc(F)cc(C(=O)Nc2ccc(/C(N)=N/O)cc2)c1. The van der Waals surface area contributed by atoms with Gasteiger partial charge in [0.25, 0.3) is 5.91 Å². The molecule has 108 valence electrons. The van der Waals surface area contributed by atoms with Gasteiger partial charge in [-0.2, -0.15) is 0 Å². The summed E-state index contributed by atoms with van der Waals surface area (Å²) in [6.07, 6.45) is 0. The van der Waals surface area contributed by atoms with Crippen LogP contribution in [0.15, 0.2) is 47.6 Å². The number of benzene rings is 2. The highest BCUT2D eigenvalue weighted by Crippen LogP contribution is 2.13. The average Bonchev–Trinajstić information content (AvgIpc) is 2.46. The molecule has 0 heterocycles. The summed E-state index contributed by atoms with van der Waals surface area (Å²) in [5, 5.41) is 14.1. The van der Waals surface area contributed by atoms with E-state index in [1.807, 2.05) is 0 Å². The van der Waals surface area contributed by atoms with Crippen LogP contribution in [0.4, 0.5) is 10.1 Å². The molecular formula is C15H14FN3O2. The molecule has 21 heavy (non-hydrogen) atoms. The zero-order chi connectivity index (χ0) is 15.4. The molecule has 0 aliphatic heterocycles. The number of carbonyl (C=O) groups excluding carboxylic acids is 1. The molecule has 0 spiro atoms. The largest absolute Gasteiger partial charge is 0.409 e. The third-order valence-electron chi connectivity index (χ3n) is 2.85. The zero-order valence-corrected chi connectivity index (χ0v) is 11.3. The van der Waals surface area contributed by atoms with Crippen molar-refractivity contribution in [2.75, 3.05) is 5.32 Å². The van der Waals surface area contributed by atoms with E-state index in [4.69, 9.17) is 10.9 Å². The first-order valence-electron chi connectivity index (χ1n) is 6.16. The first kappa shape index (κ1) is 14.5. The lowest BCUT2D eigenvalue weighted by Gasteiger charge is -2.07. The molecule has 0 unspecified atom stereocenters. The molecule has 0 fully saturated rings. The van der Waals surface area contributed by atoms with E-state index in [0.29, 0.717) is 16.8 Å². The molecule has 0 aliphatic carbocycles. The van der Waals surface area contributed by atoms with Crippen molar-refractivity contribution in [2.45, 2.75) is 6.92 Å². The van der Waals surface area contributed by atoms with E-state index in [-0.39, 0.29) is 11.4 Å². The molecule has 0 saturated heterocycles. The maximum atomic E-state index is 13.3. The van der Waals surface area contributed by atoms with Crippen LogP contribution in [-0.4, -0.2) is 17.0 Å². The highest BCUT2D eigenvalue weighted by Gasteiger charge is 2.08. The van der Waals surface area contributed by atoms with Crippen molar-refractivity contribution in [3.05, 3.63) is 65.0 Å². The average molecular weight is 287 g/mol. The van der Waals surface area contributed by atoms with Crippen molar-refractivity contribution in [1.82, 2.24) is 0 Å². The maximum Gasteiger partial charge on any atom is 0.255 e. The molecule has 6 heteroatoms. The van der Waals surface area contributed by atoms with Gasteiger partial charge in [-0.1, -0.05) is 5.16 Å². The molecule has 1 amide bonds. The van der Waals surface area contributed by atoms with Crippen molar-refractivity contribution in [3.63, 3.8) is 0 Å². The molecule has 5 nitrogen and oxygen atoms in total. The number of carbonyl (C=O) groups is 1. The van der Waals surface area contributed by atoms with Gasteiger partial charge in [0, 0.05) is 16.8 Å². The van der Waals surface area contributed by atoms with Gasteiger partial charge in [-0.15, -0.1) is 0 Å². The van der Waals surface area contributed by atoms with E-state index in [0.717, 1.165) is 0 Å². The summed E-state index contributed by atoms with van der Waals surface area (Å²) in [6.45, 7) is 1.71. The summed E-state index contributed by atoms with van der Waals surface area (Å²) >= 11 is 0. The van der Waals surface area contributed by atoms with Crippen molar-refractivity contribution in [2.24, 2.45) is 10.9 Å². The summed E-state index contributed by atoms with van der Waals surface area (Å²) < 4.78 is 13.3. The van der Waals surface area contributed by atoms with Crippen molar-refractivity contribution in [1.29, 1.82) is 0 Å². The normalized spacial score (nSPS) is 11.2. The van der Waals surface area contributed by atoms with Gasteiger partial charge in [0.05, 0.1) is 0 Å². The molecular weight excluding hydrogens is 273 g/mol. The Morgan fingerprint density at radius 3 is 2.43 bits per heavy atom. The monoisotopic (exact) mass is 287 g/mol.